The average molecular weight is 347 g/mol. The Morgan fingerprint density at radius 2 is 1.95 bits per heavy atom. The minimum atomic E-state index is -0.540. The molecular formula is C16H21Cl2FN2O. The molecule has 0 bridgehead atoms. The van der Waals surface area contributed by atoms with E-state index >= 15 is 0 Å². The van der Waals surface area contributed by atoms with Gasteiger partial charge in [0.2, 0.25) is 0 Å². The first kappa shape index (κ1) is 17.5. The molecule has 0 radical (unpaired) electrons. The highest BCUT2D eigenvalue weighted by atomic mass is 35.5. The molecule has 0 unspecified atom stereocenters. The number of nitrogens with zero attached hydrogens (tertiary/aromatic N) is 1. The number of nitrogens with one attached hydrogen (secondary N) is 1. The molecule has 1 saturated carbocycles. The second-order valence-electron chi connectivity index (χ2n) is 6.01. The van der Waals surface area contributed by atoms with Gasteiger partial charge in [0.15, 0.2) is 0 Å². The second-order valence-corrected chi connectivity index (χ2v) is 6.42. The molecular weight excluding hydrogens is 326 g/mol. The second kappa shape index (κ2) is 7.62. The summed E-state index contributed by atoms with van der Waals surface area (Å²) in [6, 6.07) is 4.83. The van der Waals surface area contributed by atoms with Gasteiger partial charge in [-0.05, 0) is 50.3 Å². The van der Waals surface area contributed by atoms with Crippen molar-refractivity contribution in [1.82, 2.24) is 10.2 Å². The van der Waals surface area contributed by atoms with Crippen LogP contribution in [-0.4, -0.2) is 36.5 Å². The molecule has 3 rings (SSSR count). The molecule has 6 heteroatoms. The molecule has 2 aliphatic rings. The Morgan fingerprint density at radius 1 is 1.27 bits per heavy atom. The molecule has 1 aromatic carbocycles. The molecule has 122 valence electrons. The van der Waals surface area contributed by atoms with Crippen molar-refractivity contribution in [3.63, 3.8) is 0 Å². The number of rotatable bonds is 4. The van der Waals surface area contributed by atoms with Gasteiger partial charge in [-0.3, -0.25) is 4.79 Å². The van der Waals surface area contributed by atoms with Crippen molar-refractivity contribution in [2.24, 2.45) is 5.92 Å². The first-order valence-corrected chi connectivity index (χ1v) is 7.99. The summed E-state index contributed by atoms with van der Waals surface area (Å²) in [5.41, 5.74) is 0.00329. The normalized spacial score (nSPS) is 18.9. The fraction of sp³-hybridized carbons (Fsp3) is 0.562. The Kier molecular flexibility index (Phi) is 6.07. The van der Waals surface area contributed by atoms with Crippen LogP contribution >= 0.6 is 24.0 Å². The number of likely N-dealkylation sites (tertiary alicyclic amines) is 1. The molecule has 1 heterocycles. The third-order valence-electron chi connectivity index (χ3n) is 4.35. The number of carbonyl (C=O) groups excluding carboxylic acids is 1. The van der Waals surface area contributed by atoms with Gasteiger partial charge in [-0.1, -0.05) is 17.7 Å². The van der Waals surface area contributed by atoms with Crippen molar-refractivity contribution >= 4 is 29.9 Å². The Bertz CT molecular complexity index is 509. The van der Waals surface area contributed by atoms with Crippen LogP contribution in [0.15, 0.2) is 18.2 Å². The Morgan fingerprint density at radius 3 is 2.55 bits per heavy atom. The minimum Gasteiger partial charge on any atom is -0.338 e. The minimum absolute atomic E-state index is 0. The van der Waals surface area contributed by atoms with Crippen LogP contribution in [0, 0.1) is 11.7 Å². The highest BCUT2D eigenvalue weighted by Gasteiger charge is 2.28. The van der Waals surface area contributed by atoms with E-state index in [0.717, 1.165) is 25.3 Å². The van der Waals surface area contributed by atoms with Gasteiger partial charge < -0.3 is 10.2 Å². The largest absolute Gasteiger partial charge is 0.338 e. The molecule has 1 N–H and O–H groups in total. The van der Waals surface area contributed by atoms with Crippen LogP contribution in [0.25, 0.3) is 0 Å². The number of piperidine rings is 1. The molecule has 1 amide bonds. The van der Waals surface area contributed by atoms with Crippen molar-refractivity contribution in [3.05, 3.63) is 34.6 Å². The summed E-state index contributed by atoms with van der Waals surface area (Å²) in [5.74, 6) is 0.0297. The third-order valence-corrected chi connectivity index (χ3v) is 4.67. The topological polar surface area (TPSA) is 32.3 Å². The molecule has 1 saturated heterocycles. The van der Waals surface area contributed by atoms with E-state index in [1.807, 2.05) is 0 Å². The molecule has 1 aliphatic heterocycles. The van der Waals surface area contributed by atoms with Gasteiger partial charge >= 0.3 is 0 Å². The van der Waals surface area contributed by atoms with Crippen molar-refractivity contribution in [3.8, 4) is 0 Å². The molecule has 0 spiro atoms. The quantitative estimate of drug-likeness (QED) is 0.904. The van der Waals surface area contributed by atoms with Crippen LogP contribution in [0.5, 0.6) is 0 Å². The van der Waals surface area contributed by atoms with Gasteiger partial charge in [0, 0.05) is 19.1 Å². The highest BCUT2D eigenvalue weighted by molar-refractivity contribution is 6.33. The lowest BCUT2D eigenvalue weighted by Crippen LogP contribution is -2.45. The lowest BCUT2D eigenvalue weighted by molar-refractivity contribution is 0.0700. The van der Waals surface area contributed by atoms with E-state index in [1.165, 1.54) is 25.0 Å². The standard InChI is InChI=1S/C16H20ClFN2O.ClH/c17-13-2-1-3-14(18)15(13)16(21)20-8-6-12(7-9-20)19-10-11-4-5-11;/h1-3,11-12,19H,4-10H2;1H. The summed E-state index contributed by atoms with van der Waals surface area (Å²) < 4.78 is 13.8. The van der Waals surface area contributed by atoms with E-state index in [2.05, 4.69) is 5.32 Å². The predicted molar refractivity (Wildman–Crippen MR) is 88.3 cm³/mol. The number of hydrogen-bond donors (Lipinski definition) is 1. The molecule has 1 aliphatic carbocycles. The zero-order valence-electron chi connectivity index (χ0n) is 12.4. The van der Waals surface area contributed by atoms with E-state index in [9.17, 15) is 9.18 Å². The van der Waals surface area contributed by atoms with E-state index in [4.69, 9.17) is 11.6 Å². The third kappa shape index (κ3) is 4.12. The SMILES string of the molecule is Cl.O=C(c1c(F)cccc1Cl)N1CCC(NCC2CC2)CC1. The lowest BCUT2D eigenvalue weighted by Gasteiger charge is -2.32. The number of halogens is 3. The van der Waals surface area contributed by atoms with Gasteiger partial charge in [0.25, 0.3) is 5.91 Å². The molecule has 22 heavy (non-hydrogen) atoms. The van der Waals surface area contributed by atoms with Gasteiger partial charge in [-0.25, -0.2) is 4.39 Å². The smallest absolute Gasteiger partial charge is 0.258 e. The van der Waals surface area contributed by atoms with Crippen LogP contribution in [0.4, 0.5) is 4.39 Å². The zero-order chi connectivity index (χ0) is 14.8. The zero-order valence-corrected chi connectivity index (χ0v) is 13.9. The summed E-state index contributed by atoms with van der Waals surface area (Å²) in [5, 5.41) is 3.76. The summed E-state index contributed by atoms with van der Waals surface area (Å²) in [6.07, 6.45) is 4.53. The van der Waals surface area contributed by atoms with Crippen molar-refractivity contribution in [2.45, 2.75) is 31.7 Å². The van der Waals surface area contributed by atoms with E-state index < -0.39 is 5.82 Å². The van der Waals surface area contributed by atoms with Gasteiger partial charge in [-0.15, -0.1) is 12.4 Å². The first-order chi connectivity index (χ1) is 10.1. The highest BCUT2D eigenvalue weighted by Crippen LogP contribution is 2.28. The summed E-state index contributed by atoms with van der Waals surface area (Å²) in [7, 11) is 0. The van der Waals surface area contributed by atoms with Crippen molar-refractivity contribution < 1.29 is 9.18 Å². The van der Waals surface area contributed by atoms with Crippen molar-refractivity contribution in [1.29, 1.82) is 0 Å². The molecule has 0 aromatic heterocycles. The van der Waals surface area contributed by atoms with Gasteiger partial charge in [0.05, 0.1) is 10.6 Å². The summed E-state index contributed by atoms with van der Waals surface area (Å²) >= 11 is 5.96. The molecule has 0 atom stereocenters. The maximum Gasteiger partial charge on any atom is 0.258 e. The monoisotopic (exact) mass is 346 g/mol. The number of benzene rings is 1. The summed E-state index contributed by atoms with van der Waals surface area (Å²) in [6.45, 7) is 2.41. The van der Waals surface area contributed by atoms with Gasteiger partial charge in [-0.2, -0.15) is 0 Å². The van der Waals surface area contributed by atoms with Gasteiger partial charge in [0.1, 0.15) is 5.82 Å². The fourth-order valence-electron chi connectivity index (χ4n) is 2.80. The lowest BCUT2D eigenvalue weighted by atomic mass is 10.0. The van der Waals surface area contributed by atoms with E-state index in [0.29, 0.717) is 19.1 Å². The molecule has 3 nitrogen and oxygen atoms in total. The Hall–Kier alpha value is -0.840. The van der Waals surface area contributed by atoms with Crippen LogP contribution in [0.3, 0.4) is 0 Å². The summed E-state index contributed by atoms with van der Waals surface area (Å²) in [4.78, 5) is 14.1. The number of carbonyl (C=O) groups is 1. The number of hydrogen-bond acceptors (Lipinski definition) is 2. The Balaban J connectivity index is 0.00000176. The van der Waals surface area contributed by atoms with Crippen LogP contribution < -0.4 is 5.32 Å². The number of amides is 1. The molecule has 2 fully saturated rings. The van der Waals surface area contributed by atoms with Crippen LogP contribution in [-0.2, 0) is 0 Å². The molecule has 1 aromatic rings. The maximum atomic E-state index is 13.8. The first-order valence-electron chi connectivity index (χ1n) is 7.62. The van der Waals surface area contributed by atoms with E-state index in [1.54, 1.807) is 11.0 Å². The Labute approximate surface area is 141 Å². The van der Waals surface area contributed by atoms with Crippen LogP contribution in [0.2, 0.25) is 5.02 Å². The van der Waals surface area contributed by atoms with Crippen molar-refractivity contribution in [2.75, 3.05) is 19.6 Å². The van der Waals surface area contributed by atoms with E-state index in [-0.39, 0.29) is 28.9 Å². The average Bonchev–Trinajstić information content (AvgIpc) is 3.29. The van der Waals surface area contributed by atoms with Crippen LogP contribution in [0.1, 0.15) is 36.0 Å². The fourth-order valence-corrected chi connectivity index (χ4v) is 3.05. The maximum absolute atomic E-state index is 13.8. The predicted octanol–water partition coefficient (Wildman–Crippen LogP) is 3.51.